The molecule has 2 aromatic carbocycles. The molecule has 1 aromatic heterocycles. The predicted molar refractivity (Wildman–Crippen MR) is 144 cm³/mol. The SMILES string of the molecule is CCNC(=O)C(c1ccc(C(=O)OCCOC(=O)c2cccnc2)cc1)c1ccccc1N1CCCCC1. The lowest BCUT2D eigenvalue weighted by atomic mass is 9.88. The van der Waals surface area contributed by atoms with E-state index in [0.29, 0.717) is 17.7 Å². The Morgan fingerprint density at radius 3 is 2.21 bits per heavy atom. The second kappa shape index (κ2) is 13.4. The van der Waals surface area contributed by atoms with Crippen LogP contribution in [0.15, 0.2) is 73.1 Å². The van der Waals surface area contributed by atoms with Gasteiger partial charge in [0.25, 0.3) is 0 Å². The normalized spacial score (nSPS) is 13.9. The molecule has 0 aliphatic carbocycles. The van der Waals surface area contributed by atoms with Gasteiger partial charge in [0.15, 0.2) is 0 Å². The maximum absolute atomic E-state index is 13.3. The summed E-state index contributed by atoms with van der Waals surface area (Å²) in [5.74, 6) is -1.65. The van der Waals surface area contributed by atoms with Gasteiger partial charge in [-0.1, -0.05) is 30.3 Å². The lowest BCUT2D eigenvalue weighted by Gasteiger charge is -2.32. The first-order valence-corrected chi connectivity index (χ1v) is 13.0. The number of likely N-dealkylation sites (N-methyl/N-ethyl adjacent to an activating group) is 1. The molecule has 1 saturated heterocycles. The number of anilines is 1. The fraction of sp³-hybridized carbons (Fsp3) is 0.333. The van der Waals surface area contributed by atoms with Crippen LogP contribution in [-0.2, 0) is 14.3 Å². The number of nitrogens with one attached hydrogen (secondary N) is 1. The van der Waals surface area contributed by atoms with Crippen molar-refractivity contribution >= 4 is 23.5 Å². The molecular formula is C30H33N3O5. The van der Waals surface area contributed by atoms with E-state index in [2.05, 4.69) is 21.3 Å². The Morgan fingerprint density at radius 1 is 0.868 bits per heavy atom. The third kappa shape index (κ3) is 6.76. The molecular weight excluding hydrogens is 482 g/mol. The number of hydrogen-bond acceptors (Lipinski definition) is 7. The van der Waals surface area contributed by atoms with Crippen molar-refractivity contribution in [2.75, 3.05) is 37.7 Å². The fourth-order valence-electron chi connectivity index (χ4n) is 4.63. The molecule has 0 saturated carbocycles. The van der Waals surface area contributed by atoms with Crippen LogP contribution in [-0.4, -0.2) is 55.7 Å². The highest BCUT2D eigenvalue weighted by atomic mass is 16.6. The quantitative estimate of drug-likeness (QED) is 0.317. The summed E-state index contributed by atoms with van der Waals surface area (Å²) in [6, 6.07) is 18.2. The van der Waals surface area contributed by atoms with E-state index in [4.69, 9.17) is 9.47 Å². The van der Waals surface area contributed by atoms with Gasteiger partial charge < -0.3 is 19.7 Å². The first kappa shape index (κ1) is 26.9. The van der Waals surface area contributed by atoms with Gasteiger partial charge in [0, 0.05) is 37.7 Å². The molecule has 1 unspecified atom stereocenters. The Kier molecular flexibility index (Phi) is 9.45. The Balaban J connectivity index is 1.43. The fourth-order valence-corrected chi connectivity index (χ4v) is 4.63. The average Bonchev–Trinajstić information content (AvgIpc) is 2.97. The van der Waals surface area contributed by atoms with Gasteiger partial charge in [0.05, 0.1) is 17.0 Å². The second-order valence-electron chi connectivity index (χ2n) is 9.07. The molecule has 1 fully saturated rings. The number of rotatable bonds is 10. The van der Waals surface area contributed by atoms with Crippen molar-refractivity contribution < 1.29 is 23.9 Å². The molecule has 1 amide bonds. The number of esters is 2. The number of hydrogen-bond donors (Lipinski definition) is 1. The van der Waals surface area contributed by atoms with Crippen molar-refractivity contribution in [1.29, 1.82) is 0 Å². The lowest BCUT2D eigenvalue weighted by molar-refractivity contribution is -0.121. The minimum atomic E-state index is -0.530. The average molecular weight is 516 g/mol. The number of aromatic nitrogens is 1. The van der Waals surface area contributed by atoms with Gasteiger partial charge in [-0.2, -0.15) is 0 Å². The van der Waals surface area contributed by atoms with Crippen LogP contribution in [0.2, 0.25) is 0 Å². The lowest BCUT2D eigenvalue weighted by Crippen LogP contribution is -2.34. The number of pyridine rings is 1. The van der Waals surface area contributed by atoms with E-state index in [1.54, 1.807) is 42.6 Å². The van der Waals surface area contributed by atoms with Gasteiger partial charge in [-0.25, -0.2) is 9.59 Å². The van der Waals surface area contributed by atoms with Crippen LogP contribution in [0.1, 0.15) is 63.9 Å². The number of benzene rings is 2. The van der Waals surface area contributed by atoms with Crippen LogP contribution in [0.25, 0.3) is 0 Å². The Morgan fingerprint density at radius 2 is 1.55 bits per heavy atom. The summed E-state index contributed by atoms with van der Waals surface area (Å²) in [5.41, 5.74) is 3.51. The molecule has 198 valence electrons. The van der Waals surface area contributed by atoms with Crippen molar-refractivity contribution in [2.24, 2.45) is 0 Å². The number of carbonyl (C=O) groups excluding carboxylic acids is 3. The molecule has 1 N–H and O–H groups in total. The summed E-state index contributed by atoms with van der Waals surface area (Å²) in [6.07, 6.45) is 6.48. The third-order valence-corrected chi connectivity index (χ3v) is 6.48. The molecule has 4 rings (SSSR count). The molecule has 3 aromatic rings. The standard InChI is InChI=1S/C30H33N3O5/c1-2-32-28(34)27(25-10-4-5-11-26(25)33-17-6-3-7-18-33)22-12-14-23(15-13-22)29(35)37-19-20-38-30(36)24-9-8-16-31-21-24/h4-5,8-16,21,27H,2-3,6-7,17-20H2,1H3,(H,32,34). The highest BCUT2D eigenvalue weighted by Crippen LogP contribution is 2.34. The van der Waals surface area contributed by atoms with Crippen LogP contribution in [0.3, 0.4) is 0 Å². The summed E-state index contributed by atoms with van der Waals surface area (Å²) in [7, 11) is 0. The monoisotopic (exact) mass is 515 g/mol. The first-order valence-electron chi connectivity index (χ1n) is 13.0. The number of nitrogens with zero attached hydrogens (tertiary/aromatic N) is 2. The number of amides is 1. The summed E-state index contributed by atoms with van der Waals surface area (Å²) in [6.45, 7) is 4.24. The van der Waals surface area contributed by atoms with E-state index >= 15 is 0 Å². The van der Waals surface area contributed by atoms with Crippen molar-refractivity contribution in [3.8, 4) is 0 Å². The predicted octanol–water partition coefficient (Wildman–Crippen LogP) is 4.35. The zero-order chi connectivity index (χ0) is 26.7. The number of para-hydroxylation sites is 1. The summed E-state index contributed by atoms with van der Waals surface area (Å²) >= 11 is 0. The molecule has 8 nitrogen and oxygen atoms in total. The van der Waals surface area contributed by atoms with Gasteiger partial charge in [-0.15, -0.1) is 0 Å². The molecule has 1 aliphatic heterocycles. The van der Waals surface area contributed by atoms with Crippen LogP contribution in [0, 0.1) is 0 Å². The van der Waals surface area contributed by atoms with E-state index in [0.717, 1.165) is 42.7 Å². The molecule has 1 aliphatic rings. The van der Waals surface area contributed by atoms with Crippen molar-refractivity contribution in [2.45, 2.75) is 32.1 Å². The van der Waals surface area contributed by atoms with E-state index < -0.39 is 17.9 Å². The number of piperidine rings is 1. The van der Waals surface area contributed by atoms with Crippen LogP contribution < -0.4 is 10.2 Å². The van der Waals surface area contributed by atoms with Gasteiger partial charge >= 0.3 is 11.9 Å². The first-order chi connectivity index (χ1) is 18.6. The highest BCUT2D eigenvalue weighted by Gasteiger charge is 2.27. The van der Waals surface area contributed by atoms with Gasteiger partial charge in [-0.3, -0.25) is 9.78 Å². The minimum absolute atomic E-state index is 0.0654. The smallest absolute Gasteiger partial charge is 0.339 e. The molecule has 0 bridgehead atoms. The number of ether oxygens (including phenoxy) is 2. The molecule has 1 atom stereocenters. The van der Waals surface area contributed by atoms with Crippen LogP contribution >= 0.6 is 0 Å². The van der Waals surface area contributed by atoms with Gasteiger partial charge in [0.1, 0.15) is 13.2 Å². The maximum atomic E-state index is 13.3. The van der Waals surface area contributed by atoms with Crippen molar-refractivity contribution in [3.63, 3.8) is 0 Å². The largest absolute Gasteiger partial charge is 0.458 e. The van der Waals surface area contributed by atoms with Crippen molar-refractivity contribution in [1.82, 2.24) is 10.3 Å². The summed E-state index contributed by atoms with van der Waals surface area (Å²) in [4.78, 5) is 44.0. The summed E-state index contributed by atoms with van der Waals surface area (Å²) < 4.78 is 10.4. The second-order valence-corrected chi connectivity index (χ2v) is 9.07. The Bertz CT molecular complexity index is 1220. The highest BCUT2D eigenvalue weighted by molar-refractivity contribution is 5.91. The molecule has 38 heavy (non-hydrogen) atoms. The van der Waals surface area contributed by atoms with Gasteiger partial charge in [0.2, 0.25) is 5.91 Å². The number of carbonyl (C=O) groups is 3. The van der Waals surface area contributed by atoms with E-state index in [1.165, 1.54) is 12.6 Å². The van der Waals surface area contributed by atoms with E-state index in [-0.39, 0.29) is 19.1 Å². The zero-order valence-electron chi connectivity index (χ0n) is 21.6. The minimum Gasteiger partial charge on any atom is -0.458 e. The third-order valence-electron chi connectivity index (χ3n) is 6.48. The molecule has 0 spiro atoms. The Hall–Kier alpha value is -4.20. The van der Waals surface area contributed by atoms with E-state index in [1.807, 2.05) is 25.1 Å². The van der Waals surface area contributed by atoms with Crippen LogP contribution in [0.4, 0.5) is 5.69 Å². The maximum Gasteiger partial charge on any atom is 0.339 e. The summed E-state index contributed by atoms with van der Waals surface area (Å²) in [5, 5.41) is 2.97. The van der Waals surface area contributed by atoms with Crippen LogP contribution in [0.5, 0.6) is 0 Å². The molecule has 8 heteroatoms. The zero-order valence-corrected chi connectivity index (χ0v) is 21.6. The Labute approximate surface area is 223 Å². The molecule has 0 radical (unpaired) electrons. The van der Waals surface area contributed by atoms with E-state index in [9.17, 15) is 14.4 Å². The van der Waals surface area contributed by atoms with Gasteiger partial charge in [-0.05, 0) is 67.6 Å². The molecule has 2 heterocycles. The van der Waals surface area contributed by atoms with Crippen molar-refractivity contribution in [3.05, 3.63) is 95.3 Å². The topological polar surface area (TPSA) is 97.8 Å².